The van der Waals surface area contributed by atoms with E-state index in [0.29, 0.717) is 6.42 Å². The van der Waals surface area contributed by atoms with Gasteiger partial charge in [0.15, 0.2) is 5.78 Å². The van der Waals surface area contributed by atoms with E-state index < -0.39 is 0 Å². The van der Waals surface area contributed by atoms with Crippen molar-refractivity contribution in [1.82, 2.24) is 9.78 Å². The smallest absolute Gasteiger partial charge is 0.180 e. The predicted molar refractivity (Wildman–Crippen MR) is 65.6 cm³/mol. The Hall–Kier alpha value is -1.12. The fourth-order valence-corrected chi connectivity index (χ4v) is 1.58. The molecule has 0 aliphatic carbocycles. The summed E-state index contributed by atoms with van der Waals surface area (Å²) in [6.07, 6.45) is 2.39. The summed E-state index contributed by atoms with van der Waals surface area (Å²) in [4.78, 5) is 12.0. The lowest BCUT2D eigenvalue weighted by Gasteiger charge is -2.16. The molecule has 0 amide bonds. The predicted octanol–water partition coefficient (Wildman–Crippen LogP) is 2.99. The van der Waals surface area contributed by atoms with Gasteiger partial charge in [-0.15, -0.1) is 0 Å². The van der Waals surface area contributed by atoms with Crippen LogP contribution in [0.1, 0.15) is 56.7 Å². The van der Waals surface area contributed by atoms with E-state index in [4.69, 9.17) is 0 Å². The van der Waals surface area contributed by atoms with Crippen molar-refractivity contribution in [3.63, 3.8) is 0 Å². The third-order valence-corrected chi connectivity index (χ3v) is 2.68. The van der Waals surface area contributed by atoms with Crippen molar-refractivity contribution < 1.29 is 4.79 Å². The summed E-state index contributed by atoms with van der Waals surface area (Å²) in [6.45, 7) is 8.51. The van der Waals surface area contributed by atoms with Crippen LogP contribution in [-0.2, 0) is 13.5 Å². The number of hydrogen-bond donors (Lipinski definition) is 0. The minimum absolute atomic E-state index is 0.199. The van der Waals surface area contributed by atoms with Crippen LogP contribution in [0.25, 0.3) is 0 Å². The molecule has 1 aromatic heterocycles. The van der Waals surface area contributed by atoms with Crippen LogP contribution in [0.5, 0.6) is 0 Å². The van der Waals surface area contributed by atoms with Crippen molar-refractivity contribution in [2.24, 2.45) is 12.5 Å². The number of aryl methyl sites for hydroxylation is 2. The second-order valence-electron chi connectivity index (χ2n) is 5.48. The van der Waals surface area contributed by atoms with Crippen LogP contribution < -0.4 is 0 Å². The molecule has 0 radical (unpaired) electrons. The van der Waals surface area contributed by atoms with E-state index in [2.05, 4.69) is 25.9 Å². The normalized spacial score (nSPS) is 11.8. The Balaban J connectivity index is 2.69. The summed E-state index contributed by atoms with van der Waals surface area (Å²) in [5.74, 6) is 0.199. The van der Waals surface area contributed by atoms with Gasteiger partial charge in [-0.2, -0.15) is 5.10 Å². The van der Waals surface area contributed by atoms with Crippen molar-refractivity contribution in [3.05, 3.63) is 17.5 Å². The first kappa shape index (κ1) is 12.9. The molecular weight excluding hydrogens is 200 g/mol. The van der Waals surface area contributed by atoms with Gasteiger partial charge in [0.1, 0.15) is 5.69 Å². The summed E-state index contributed by atoms with van der Waals surface area (Å²) < 4.78 is 1.70. The minimum atomic E-state index is 0.199. The van der Waals surface area contributed by atoms with Crippen LogP contribution in [0.3, 0.4) is 0 Å². The molecule has 0 atom stereocenters. The van der Waals surface area contributed by atoms with E-state index in [0.717, 1.165) is 24.2 Å². The summed E-state index contributed by atoms with van der Waals surface area (Å²) in [5.41, 5.74) is 1.93. The van der Waals surface area contributed by atoms with Crippen molar-refractivity contribution in [3.8, 4) is 0 Å². The molecule has 0 aliphatic rings. The number of carbonyl (C=O) groups excluding carboxylic acids is 1. The highest BCUT2D eigenvalue weighted by Gasteiger charge is 2.17. The second kappa shape index (κ2) is 4.81. The van der Waals surface area contributed by atoms with Crippen LogP contribution in [0, 0.1) is 5.41 Å². The molecule has 0 N–H and O–H groups in total. The molecule has 90 valence electrons. The average molecular weight is 222 g/mol. The topological polar surface area (TPSA) is 34.9 Å². The maximum absolute atomic E-state index is 12.0. The van der Waals surface area contributed by atoms with E-state index in [1.54, 1.807) is 4.68 Å². The summed E-state index contributed by atoms with van der Waals surface area (Å²) in [6, 6.07) is 1.91. The zero-order valence-electron chi connectivity index (χ0n) is 11.0. The molecule has 1 rings (SSSR count). The molecule has 0 aromatic carbocycles. The molecule has 0 saturated heterocycles. The van der Waals surface area contributed by atoms with E-state index in [-0.39, 0.29) is 11.2 Å². The molecule has 0 saturated carbocycles. The van der Waals surface area contributed by atoms with Gasteiger partial charge in [0, 0.05) is 13.5 Å². The lowest BCUT2D eigenvalue weighted by molar-refractivity contribution is 0.0957. The Bertz CT molecular complexity index is 372. The third-order valence-electron chi connectivity index (χ3n) is 2.68. The highest BCUT2D eigenvalue weighted by atomic mass is 16.1. The molecule has 0 spiro atoms. The van der Waals surface area contributed by atoms with Crippen LogP contribution >= 0.6 is 0 Å². The Kier molecular flexibility index (Phi) is 3.89. The van der Waals surface area contributed by atoms with Gasteiger partial charge < -0.3 is 0 Å². The van der Waals surface area contributed by atoms with Gasteiger partial charge in [-0.1, -0.05) is 27.7 Å². The van der Waals surface area contributed by atoms with Crippen LogP contribution in [0.4, 0.5) is 0 Å². The van der Waals surface area contributed by atoms with Gasteiger partial charge in [-0.05, 0) is 24.3 Å². The molecule has 0 fully saturated rings. The molecule has 16 heavy (non-hydrogen) atoms. The number of ketones is 1. The quantitative estimate of drug-likeness (QED) is 0.734. The number of aromatic nitrogens is 2. The number of nitrogens with zero attached hydrogens (tertiary/aromatic N) is 2. The molecule has 1 aromatic rings. The Labute approximate surface area is 97.8 Å². The summed E-state index contributed by atoms with van der Waals surface area (Å²) in [7, 11) is 1.84. The monoisotopic (exact) mass is 222 g/mol. The fourth-order valence-electron chi connectivity index (χ4n) is 1.58. The number of rotatable bonds is 4. The van der Waals surface area contributed by atoms with Gasteiger partial charge in [0.2, 0.25) is 0 Å². The van der Waals surface area contributed by atoms with Crippen molar-refractivity contribution in [2.75, 3.05) is 0 Å². The minimum Gasteiger partial charge on any atom is -0.292 e. The third kappa shape index (κ3) is 3.47. The van der Waals surface area contributed by atoms with Gasteiger partial charge in [-0.3, -0.25) is 9.48 Å². The number of Topliss-reactive ketones (excluding diaryl/α,β-unsaturated/α-hetero) is 1. The number of hydrogen-bond acceptors (Lipinski definition) is 2. The van der Waals surface area contributed by atoms with Gasteiger partial charge in [0.25, 0.3) is 0 Å². The van der Waals surface area contributed by atoms with Crippen LogP contribution in [0.2, 0.25) is 0 Å². The molecule has 1 heterocycles. The maximum atomic E-state index is 12.0. The second-order valence-corrected chi connectivity index (χ2v) is 5.48. The molecule has 3 nitrogen and oxygen atoms in total. The highest BCUT2D eigenvalue weighted by molar-refractivity contribution is 5.94. The van der Waals surface area contributed by atoms with E-state index in [1.165, 1.54) is 0 Å². The van der Waals surface area contributed by atoms with E-state index >= 15 is 0 Å². The lowest BCUT2D eigenvalue weighted by Crippen LogP contribution is -2.11. The Morgan fingerprint density at radius 2 is 2.06 bits per heavy atom. The molecule has 0 aliphatic heterocycles. The van der Waals surface area contributed by atoms with Gasteiger partial charge in [0.05, 0.1) is 5.69 Å². The first-order valence-electron chi connectivity index (χ1n) is 5.89. The van der Waals surface area contributed by atoms with Crippen LogP contribution in [-0.4, -0.2) is 15.6 Å². The first-order valence-corrected chi connectivity index (χ1v) is 5.89. The lowest BCUT2D eigenvalue weighted by atomic mass is 9.89. The van der Waals surface area contributed by atoms with E-state index in [9.17, 15) is 4.79 Å². The van der Waals surface area contributed by atoms with Crippen molar-refractivity contribution in [1.29, 1.82) is 0 Å². The molecular formula is C13H22N2O. The molecule has 0 unspecified atom stereocenters. The molecule has 0 bridgehead atoms. The fraction of sp³-hybridized carbons (Fsp3) is 0.692. The summed E-state index contributed by atoms with van der Waals surface area (Å²) in [5, 5.41) is 4.29. The SMILES string of the molecule is CCc1cc(C(=O)CCC(C)(C)C)n(C)n1. The van der Waals surface area contributed by atoms with Crippen LogP contribution in [0.15, 0.2) is 6.07 Å². The largest absolute Gasteiger partial charge is 0.292 e. The summed E-state index contributed by atoms with van der Waals surface area (Å²) >= 11 is 0. The molecule has 3 heteroatoms. The first-order chi connectivity index (χ1) is 7.33. The zero-order chi connectivity index (χ0) is 12.3. The highest BCUT2D eigenvalue weighted by Crippen LogP contribution is 2.22. The standard InChI is InChI=1S/C13H22N2O/c1-6-10-9-11(15(5)14-10)12(16)7-8-13(2,3)4/h9H,6-8H2,1-5H3. The number of carbonyl (C=O) groups is 1. The zero-order valence-corrected chi connectivity index (χ0v) is 11.0. The van der Waals surface area contributed by atoms with Gasteiger partial charge >= 0.3 is 0 Å². The maximum Gasteiger partial charge on any atom is 0.180 e. The van der Waals surface area contributed by atoms with E-state index in [1.807, 2.05) is 20.0 Å². The Morgan fingerprint density at radius 1 is 1.44 bits per heavy atom. The van der Waals surface area contributed by atoms with Crippen molar-refractivity contribution in [2.45, 2.75) is 47.0 Å². The van der Waals surface area contributed by atoms with Gasteiger partial charge in [-0.25, -0.2) is 0 Å². The average Bonchev–Trinajstić information content (AvgIpc) is 2.55. The van der Waals surface area contributed by atoms with Crippen molar-refractivity contribution >= 4 is 5.78 Å². The Morgan fingerprint density at radius 3 is 2.50 bits per heavy atom.